The number of pyridine rings is 1. The van der Waals surface area contributed by atoms with Gasteiger partial charge in [0.05, 0.1) is 18.8 Å². The smallest absolute Gasteiger partial charge is 0.171 e. The van der Waals surface area contributed by atoms with Crippen LogP contribution < -0.4 is 10.6 Å². The highest BCUT2D eigenvalue weighted by atomic mass is 16.5. The van der Waals surface area contributed by atoms with E-state index in [-0.39, 0.29) is 11.9 Å². The molecule has 19 heavy (non-hydrogen) atoms. The van der Waals surface area contributed by atoms with Crippen molar-refractivity contribution in [2.24, 2.45) is 10.9 Å². The minimum Gasteiger partial charge on any atom is -0.409 e. The van der Waals surface area contributed by atoms with Gasteiger partial charge in [0.25, 0.3) is 0 Å². The molecule has 0 bridgehead atoms. The highest BCUT2D eigenvalue weighted by Gasteiger charge is 2.26. The van der Waals surface area contributed by atoms with Crippen LogP contribution in [0, 0.1) is 0 Å². The Morgan fingerprint density at radius 2 is 2.42 bits per heavy atom. The number of hydrogen-bond donors (Lipinski definition) is 2. The molecule has 0 spiro atoms. The average Bonchev–Trinajstić information content (AvgIpc) is 2.46. The quantitative estimate of drug-likeness (QED) is 0.371. The van der Waals surface area contributed by atoms with Crippen LogP contribution in [0.1, 0.15) is 25.8 Å². The molecule has 2 heterocycles. The van der Waals surface area contributed by atoms with Crippen LogP contribution in [0.5, 0.6) is 0 Å². The lowest BCUT2D eigenvalue weighted by Gasteiger charge is -2.39. The van der Waals surface area contributed by atoms with E-state index >= 15 is 0 Å². The van der Waals surface area contributed by atoms with Crippen LogP contribution in [0.3, 0.4) is 0 Å². The number of nitrogens with zero attached hydrogens (tertiary/aromatic N) is 3. The molecule has 1 aromatic rings. The lowest BCUT2D eigenvalue weighted by molar-refractivity contribution is 0.0296. The number of rotatable bonds is 3. The molecule has 0 radical (unpaired) electrons. The highest BCUT2D eigenvalue weighted by molar-refractivity contribution is 5.96. The molecule has 2 atom stereocenters. The minimum atomic E-state index is 0.0708. The maximum Gasteiger partial charge on any atom is 0.171 e. The van der Waals surface area contributed by atoms with Crippen LogP contribution in [-0.4, -0.2) is 41.3 Å². The molecule has 0 amide bonds. The highest BCUT2D eigenvalue weighted by Crippen LogP contribution is 2.21. The summed E-state index contributed by atoms with van der Waals surface area (Å²) in [6.07, 6.45) is 2.83. The van der Waals surface area contributed by atoms with Crippen LogP contribution in [0.2, 0.25) is 0 Å². The first-order chi connectivity index (χ1) is 9.15. The van der Waals surface area contributed by atoms with Crippen LogP contribution in [0.15, 0.2) is 23.5 Å². The summed E-state index contributed by atoms with van der Waals surface area (Å²) in [6, 6.07) is 4.05. The van der Waals surface area contributed by atoms with Crippen molar-refractivity contribution in [3.05, 3.63) is 23.9 Å². The van der Waals surface area contributed by atoms with Gasteiger partial charge in [0.15, 0.2) is 5.84 Å². The van der Waals surface area contributed by atoms with E-state index in [1.165, 1.54) is 0 Å². The van der Waals surface area contributed by atoms with E-state index in [1.807, 2.05) is 12.1 Å². The van der Waals surface area contributed by atoms with Gasteiger partial charge in [-0.1, -0.05) is 12.1 Å². The summed E-state index contributed by atoms with van der Waals surface area (Å²) in [5.74, 6) is 0.970. The van der Waals surface area contributed by atoms with Crippen molar-refractivity contribution in [1.82, 2.24) is 4.98 Å². The molecule has 0 saturated carbocycles. The first-order valence-electron chi connectivity index (χ1n) is 6.48. The Morgan fingerprint density at radius 1 is 1.63 bits per heavy atom. The largest absolute Gasteiger partial charge is 0.409 e. The van der Waals surface area contributed by atoms with Gasteiger partial charge in [-0.3, -0.25) is 0 Å². The molecule has 6 nitrogen and oxygen atoms in total. The van der Waals surface area contributed by atoms with Crippen LogP contribution in [0.4, 0.5) is 5.82 Å². The van der Waals surface area contributed by atoms with E-state index in [0.717, 1.165) is 25.4 Å². The number of anilines is 1. The number of hydrogen-bond acceptors (Lipinski definition) is 5. The van der Waals surface area contributed by atoms with Crippen LogP contribution in [-0.2, 0) is 4.74 Å². The SMILES string of the molecule is CCC1COC(C)CN1c1ccc(/C(N)=N/O)cn1. The Morgan fingerprint density at radius 3 is 3.00 bits per heavy atom. The molecule has 0 aromatic carbocycles. The second-order valence-electron chi connectivity index (χ2n) is 4.75. The predicted molar refractivity (Wildman–Crippen MR) is 73.6 cm³/mol. The van der Waals surface area contributed by atoms with E-state index in [9.17, 15) is 0 Å². The van der Waals surface area contributed by atoms with Gasteiger partial charge in [-0.15, -0.1) is 0 Å². The van der Waals surface area contributed by atoms with Crippen molar-refractivity contribution < 1.29 is 9.94 Å². The first kappa shape index (κ1) is 13.6. The van der Waals surface area contributed by atoms with E-state index in [1.54, 1.807) is 6.20 Å². The fourth-order valence-corrected chi connectivity index (χ4v) is 2.23. The summed E-state index contributed by atoms with van der Waals surface area (Å²) >= 11 is 0. The second-order valence-corrected chi connectivity index (χ2v) is 4.75. The Bertz CT molecular complexity index is 446. The molecule has 2 unspecified atom stereocenters. The van der Waals surface area contributed by atoms with E-state index in [0.29, 0.717) is 11.6 Å². The summed E-state index contributed by atoms with van der Waals surface area (Å²) in [6.45, 7) is 5.75. The molecule has 6 heteroatoms. The van der Waals surface area contributed by atoms with Crippen LogP contribution >= 0.6 is 0 Å². The van der Waals surface area contributed by atoms with Crippen molar-refractivity contribution in [3.63, 3.8) is 0 Å². The normalized spacial score (nSPS) is 24.5. The summed E-state index contributed by atoms with van der Waals surface area (Å²) in [7, 11) is 0. The lowest BCUT2D eigenvalue weighted by atomic mass is 10.1. The third kappa shape index (κ3) is 2.96. The van der Waals surface area contributed by atoms with Gasteiger partial charge < -0.3 is 20.6 Å². The van der Waals surface area contributed by atoms with Gasteiger partial charge in [0.2, 0.25) is 0 Å². The predicted octanol–water partition coefficient (Wildman–Crippen LogP) is 1.18. The minimum absolute atomic E-state index is 0.0708. The third-order valence-corrected chi connectivity index (χ3v) is 3.38. The Kier molecular flexibility index (Phi) is 4.21. The number of amidine groups is 1. The zero-order valence-corrected chi connectivity index (χ0v) is 11.3. The summed E-state index contributed by atoms with van der Waals surface area (Å²) in [5, 5.41) is 11.6. The molecule has 3 N–H and O–H groups in total. The monoisotopic (exact) mass is 264 g/mol. The molecular formula is C13H20N4O2. The van der Waals surface area contributed by atoms with E-state index in [4.69, 9.17) is 15.7 Å². The third-order valence-electron chi connectivity index (χ3n) is 3.38. The Labute approximate surface area is 112 Å². The van der Waals surface area contributed by atoms with Gasteiger partial charge in [-0.25, -0.2) is 4.98 Å². The van der Waals surface area contributed by atoms with Crippen molar-refractivity contribution in [1.29, 1.82) is 0 Å². The topological polar surface area (TPSA) is 84.0 Å². The van der Waals surface area contributed by atoms with Gasteiger partial charge in [0.1, 0.15) is 5.82 Å². The Hall–Kier alpha value is -1.82. The summed E-state index contributed by atoms with van der Waals surface area (Å²) in [4.78, 5) is 6.66. The lowest BCUT2D eigenvalue weighted by Crippen LogP contribution is -2.49. The van der Waals surface area contributed by atoms with E-state index < -0.39 is 0 Å². The molecular weight excluding hydrogens is 244 g/mol. The first-order valence-corrected chi connectivity index (χ1v) is 6.48. The number of morpholine rings is 1. The van der Waals surface area contributed by atoms with Crippen molar-refractivity contribution in [2.75, 3.05) is 18.1 Å². The maximum absolute atomic E-state index is 8.63. The molecule has 0 aliphatic carbocycles. The van der Waals surface area contributed by atoms with Gasteiger partial charge in [-0.2, -0.15) is 0 Å². The second kappa shape index (κ2) is 5.88. The summed E-state index contributed by atoms with van der Waals surface area (Å²) < 4.78 is 5.67. The average molecular weight is 264 g/mol. The molecule has 1 aromatic heterocycles. The van der Waals surface area contributed by atoms with Crippen molar-refractivity contribution in [2.45, 2.75) is 32.4 Å². The maximum atomic E-state index is 8.63. The molecule has 1 fully saturated rings. The molecule has 2 rings (SSSR count). The van der Waals surface area contributed by atoms with Crippen molar-refractivity contribution >= 4 is 11.7 Å². The zero-order valence-electron chi connectivity index (χ0n) is 11.3. The molecule has 104 valence electrons. The zero-order chi connectivity index (χ0) is 13.8. The molecule has 1 aliphatic rings. The Balaban J connectivity index is 2.20. The number of nitrogens with two attached hydrogens (primary N) is 1. The van der Waals surface area contributed by atoms with Crippen LogP contribution in [0.25, 0.3) is 0 Å². The van der Waals surface area contributed by atoms with E-state index in [2.05, 4.69) is 28.9 Å². The van der Waals surface area contributed by atoms with Gasteiger partial charge in [0, 0.05) is 18.3 Å². The number of ether oxygens (including phenoxy) is 1. The molecule has 1 aliphatic heterocycles. The number of aromatic nitrogens is 1. The fraction of sp³-hybridized carbons (Fsp3) is 0.538. The summed E-state index contributed by atoms with van der Waals surface area (Å²) in [5.41, 5.74) is 6.14. The molecule has 1 saturated heterocycles. The van der Waals surface area contributed by atoms with Crippen molar-refractivity contribution in [3.8, 4) is 0 Å². The number of oxime groups is 1. The van der Waals surface area contributed by atoms with Gasteiger partial charge in [-0.05, 0) is 25.5 Å². The standard InChI is InChI=1S/C13H20N4O2/c1-3-11-8-19-9(2)7-17(11)12-5-4-10(6-15-12)13(14)16-18/h4-6,9,11,18H,3,7-8H2,1-2H3,(H2,14,16). The van der Waals surface area contributed by atoms with Gasteiger partial charge >= 0.3 is 0 Å². The fourth-order valence-electron chi connectivity index (χ4n) is 2.23.